The smallest absolute Gasteiger partial charge is 0.392 e. The highest BCUT2D eigenvalue weighted by molar-refractivity contribution is 6.42. The number of benzene rings is 1. The minimum atomic E-state index is -4.62. The average Bonchev–Trinajstić information content (AvgIpc) is 2.90. The SMILES string of the molecule is OCc1cn(C[C@@H]2CNCCO[C@H]2c2ccc(Cl)c(Cl)c2)nc1C(F)(F)F. The number of nitrogens with one attached hydrogen (secondary N) is 1. The van der Waals surface area contributed by atoms with Crippen LogP contribution in [0.4, 0.5) is 13.2 Å². The van der Waals surface area contributed by atoms with Crippen molar-refractivity contribution < 1.29 is 23.0 Å². The van der Waals surface area contributed by atoms with Crippen molar-refractivity contribution in [3.8, 4) is 0 Å². The lowest BCUT2D eigenvalue weighted by molar-refractivity contribution is -0.142. The van der Waals surface area contributed by atoms with E-state index in [-0.39, 0.29) is 24.1 Å². The van der Waals surface area contributed by atoms with Gasteiger partial charge in [0.25, 0.3) is 0 Å². The van der Waals surface area contributed by atoms with Gasteiger partial charge in [-0.25, -0.2) is 0 Å². The molecule has 0 saturated carbocycles. The Morgan fingerprint density at radius 1 is 1.30 bits per heavy atom. The first-order valence-electron chi connectivity index (χ1n) is 8.31. The molecule has 10 heteroatoms. The van der Waals surface area contributed by atoms with Gasteiger partial charge < -0.3 is 15.2 Å². The van der Waals surface area contributed by atoms with Gasteiger partial charge in [0.2, 0.25) is 0 Å². The van der Waals surface area contributed by atoms with Gasteiger partial charge in [-0.05, 0) is 17.7 Å². The van der Waals surface area contributed by atoms with Crippen molar-refractivity contribution in [1.29, 1.82) is 0 Å². The maximum Gasteiger partial charge on any atom is 0.435 e. The number of ether oxygens (including phenoxy) is 1. The predicted molar refractivity (Wildman–Crippen MR) is 94.7 cm³/mol. The van der Waals surface area contributed by atoms with Crippen LogP contribution in [-0.2, 0) is 24.1 Å². The number of aromatic nitrogens is 2. The topological polar surface area (TPSA) is 59.3 Å². The third kappa shape index (κ3) is 4.75. The lowest BCUT2D eigenvalue weighted by atomic mass is 9.95. The van der Waals surface area contributed by atoms with Crippen molar-refractivity contribution in [3.05, 3.63) is 51.3 Å². The van der Waals surface area contributed by atoms with Crippen molar-refractivity contribution in [2.45, 2.75) is 25.4 Å². The van der Waals surface area contributed by atoms with Crippen LogP contribution in [0.1, 0.15) is 22.9 Å². The molecule has 1 fully saturated rings. The largest absolute Gasteiger partial charge is 0.435 e. The van der Waals surface area contributed by atoms with Crippen LogP contribution in [0, 0.1) is 5.92 Å². The van der Waals surface area contributed by atoms with Crippen LogP contribution in [0.25, 0.3) is 0 Å². The molecule has 2 atom stereocenters. The number of aliphatic hydroxyl groups is 1. The van der Waals surface area contributed by atoms with Gasteiger partial charge in [0.15, 0.2) is 5.69 Å². The molecule has 1 aliphatic heterocycles. The zero-order valence-electron chi connectivity index (χ0n) is 14.1. The second-order valence-electron chi connectivity index (χ2n) is 6.31. The summed E-state index contributed by atoms with van der Waals surface area (Å²) in [6, 6.07) is 5.16. The number of rotatable bonds is 4. The number of aliphatic hydroxyl groups excluding tert-OH is 1. The Morgan fingerprint density at radius 2 is 2.07 bits per heavy atom. The van der Waals surface area contributed by atoms with Gasteiger partial charge in [0, 0.05) is 37.3 Å². The number of alkyl halides is 3. The summed E-state index contributed by atoms with van der Waals surface area (Å²) in [6.07, 6.45) is -3.78. The fraction of sp³-hybridized carbons (Fsp3) is 0.471. The Morgan fingerprint density at radius 3 is 2.70 bits per heavy atom. The minimum Gasteiger partial charge on any atom is -0.392 e. The number of nitrogens with zero attached hydrogens (tertiary/aromatic N) is 2. The van der Waals surface area contributed by atoms with Gasteiger partial charge in [-0.15, -0.1) is 0 Å². The third-order valence-electron chi connectivity index (χ3n) is 4.38. The molecule has 0 unspecified atom stereocenters. The van der Waals surface area contributed by atoms with E-state index in [9.17, 15) is 18.3 Å². The molecule has 1 saturated heterocycles. The Balaban J connectivity index is 1.88. The molecule has 0 radical (unpaired) electrons. The van der Waals surface area contributed by atoms with Crippen LogP contribution in [0.3, 0.4) is 0 Å². The molecule has 148 valence electrons. The van der Waals surface area contributed by atoms with E-state index in [4.69, 9.17) is 27.9 Å². The van der Waals surface area contributed by atoms with E-state index in [0.717, 1.165) is 5.56 Å². The van der Waals surface area contributed by atoms with Crippen LogP contribution in [-0.4, -0.2) is 34.6 Å². The van der Waals surface area contributed by atoms with Crippen molar-refractivity contribution in [1.82, 2.24) is 15.1 Å². The highest BCUT2D eigenvalue weighted by Gasteiger charge is 2.37. The zero-order valence-corrected chi connectivity index (χ0v) is 15.7. The highest BCUT2D eigenvalue weighted by Crippen LogP contribution is 2.34. The Bertz CT molecular complexity index is 798. The molecule has 0 aliphatic carbocycles. The van der Waals surface area contributed by atoms with Gasteiger partial charge >= 0.3 is 6.18 Å². The van der Waals surface area contributed by atoms with E-state index in [1.165, 1.54) is 10.9 Å². The summed E-state index contributed by atoms with van der Waals surface area (Å²) in [6.45, 7) is 1.06. The molecule has 2 N–H and O–H groups in total. The maximum absolute atomic E-state index is 13.1. The van der Waals surface area contributed by atoms with Gasteiger partial charge in [0.05, 0.1) is 29.4 Å². The van der Waals surface area contributed by atoms with E-state index in [1.54, 1.807) is 18.2 Å². The monoisotopic (exact) mass is 423 g/mol. The molecule has 1 aromatic heterocycles. The summed E-state index contributed by atoms with van der Waals surface area (Å²) in [7, 11) is 0. The molecule has 2 heterocycles. The number of hydrogen-bond acceptors (Lipinski definition) is 4. The first-order valence-corrected chi connectivity index (χ1v) is 9.07. The van der Waals surface area contributed by atoms with Gasteiger partial charge in [-0.3, -0.25) is 4.68 Å². The van der Waals surface area contributed by atoms with Crippen LogP contribution in [0.5, 0.6) is 0 Å². The molecule has 27 heavy (non-hydrogen) atoms. The van der Waals surface area contributed by atoms with Crippen LogP contribution in [0.2, 0.25) is 10.0 Å². The van der Waals surface area contributed by atoms with Crippen molar-refractivity contribution in [2.24, 2.45) is 5.92 Å². The van der Waals surface area contributed by atoms with Gasteiger partial charge in [0.1, 0.15) is 0 Å². The lowest BCUT2D eigenvalue weighted by Gasteiger charge is -2.25. The van der Waals surface area contributed by atoms with Crippen LogP contribution < -0.4 is 5.32 Å². The summed E-state index contributed by atoms with van der Waals surface area (Å²) in [5, 5.41) is 16.9. The molecule has 1 aliphatic rings. The maximum atomic E-state index is 13.1. The summed E-state index contributed by atoms with van der Waals surface area (Å²) in [5.74, 6) is -0.197. The van der Waals surface area contributed by atoms with E-state index < -0.39 is 18.5 Å². The second-order valence-corrected chi connectivity index (χ2v) is 7.12. The lowest BCUT2D eigenvalue weighted by Crippen LogP contribution is -2.28. The molecule has 5 nitrogen and oxygen atoms in total. The van der Waals surface area contributed by atoms with E-state index in [0.29, 0.717) is 29.7 Å². The standard InChI is InChI=1S/C17H18Cl2F3N3O2/c18-13-2-1-10(5-14(13)19)15-11(6-23-3-4-27-15)7-25-8-12(9-26)16(24-25)17(20,21)22/h1-2,5,8,11,15,23,26H,3-4,6-7,9H2/t11-,15-/m0/s1. The van der Waals surface area contributed by atoms with Gasteiger partial charge in [-0.1, -0.05) is 29.3 Å². The fourth-order valence-electron chi connectivity index (χ4n) is 3.16. The summed E-state index contributed by atoms with van der Waals surface area (Å²) in [4.78, 5) is 0. The fourth-order valence-corrected chi connectivity index (χ4v) is 3.46. The number of halogens is 5. The van der Waals surface area contributed by atoms with Crippen molar-refractivity contribution >= 4 is 23.2 Å². The zero-order chi connectivity index (χ0) is 19.6. The van der Waals surface area contributed by atoms with Crippen LogP contribution in [0.15, 0.2) is 24.4 Å². The van der Waals surface area contributed by atoms with E-state index >= 15 is 0 Å². The molecular formula is C17H18Cl2F3N3O2. The Kier molecular flexibility index (Phi) is 6.32. The molecule has 1 aromatic carbocycles. The number of hydrogen-bond donors (Lipinski definition) is 2. The third-order valence-corrected chi connectivity index (χ3v) is 5.12. The first-order chi connectivity index (χ1) is 12.8. The molecule has 2 aromatic rings. The van der Waals surface area contributed by atoms with Crippen LogP contribution >= 0.6 is 23.2 Å². The Hall–Kier alpha value is -1.32. The van der Waals surface area contributed by atoms with Crippen molar-refractivity contribution in [3.63, 3.8) is 0 Å². The minimum absolute atomic E-state index is 0.182. The predicted octanol–water partition coefficient (Wildman–Crippen LogP) is 3.68. The molecular weight excluding hydrogens is 406 g/mol. The normalized spacial score (nSPS) is 21.3. The summed E-state index contributed by atoms with van der Waals surface area (Å²) in [5.41, 5.74) is -0.529. The average molecular weight is 424 g/mol. The van der Waals surface area contributed by atoms with E-state index in [2.05, 4.69) is 10.4 Å². The molecule has 0 spiro atoms. The summed E-state index contributed by atoms with van der Waals surface area (Å²) < 4.78 is 46.3. The summed E-state index contributed by atoms with van der Waals surface area (Å²) >= 11 is 12.1. The molecule has 3 rings (SSSR count). The van der Waals surface area contributed by atoms with E-state index in [1.807, 2.05) is 0 Å². The second kappa shape index (κ2) is 8.36. The van der Waals surface area contributed by atoms with Crippen molar-refractivity contribution in [2.75, 3.05) is 19.7 Å². The Labute approximate surface area is 164 Å². The van der Waals surface area contributed by atoms with Gasteiger partial charge in [-0.2, -0.15) is 18.3 Å². The molecule has 0 amide bonds. The first kappa shape index (κ1) is 20.4. The quantitative estimate of drug-likeness (QED) is 0.787. The molecule has 0 bridgehead atoms. The highest BCUT2D eigenvalue weighted by atomic mass is 35.5.